The van der Waals surface area contributed by atoms with E-state index < -0.39 is 75.3 Å². The molecule has 0 saturated carbocycles. The first-order valence-corrected chi connectivity index (χ1v) is 14.5. The van der Waals surface area contributed by atoms with Crippen LogP contribution in [0.4, 0.5) is 9.59 Å². The fourth-order valence-electron chi connectivity index (χ4n) is 1.32. The molecule has 10 nitrogen and oxygen atoms in total. The number of carbonyl (C=O) groups excluding carboxylic acids is 2. The third-order valence-electron chi connectivity index (χ3n) is 2.50. The quantitative estimate of drug-likeness (QED) is 0.138. The molecule has 0 rings (SSSR count). The summed E-state index contributed by atoms with van der Waals surface area (Å²) in [4.78, 5) is 45.1. The van der Waals surface area contributed by atoms with Crippen molar-refractivity contribution in [2.75, 3.05) is 11.5 Å². The second-order valence-electron chi connectivity index (χ2n) is 7.72. The first-order chi connectivity index (χ1) is 13.6. The van der Waals surface area contributed by atoms with Crippen LogP contribution in [0.5, 0.6) is 0 Å². The molecule has 0 aliphatic carbocycles. The van der Waals surface area contributed by atoms with Crippen molar-refractivity contribution in [1.82, 2.24) is 8.67 Å². The van der Waals surface area contributed by atoms with Crippen molar-refractivity contribution in [3.05, 3.63) is 0 Å². The van der Waals surface area contributed by atoms with Gasteiger partial charge in [0.05, 0.1) is 0 Å². The van der Waals surface area contributed by atoms with Gasteiger partial charge in [-0.2, -0.15) is 0 Å². The molecule has 14 heteroatoms. The molecule has 0 fully saturated rings. The van der Waals surface area contributed by atoms with Crippen molar-refractivity contribution in [2.24, 2.45) is 0 Å². The molecule has 0 saturated heterocycles. The van der Waals surface area contributed by atoms with E-state index in [-0.39, 0.29) is 11.5 Å². The number of nitrogens with one attached hydrogen (secondary N) is 2. The van der Waals surface area contributed by atoms with Crippen LogP contribution in [0.15, 0.2) is 0 Å². The van der Waals surface area contributed by atoms with Gasteiger partial charge in [-0.25, -0.2) is 0 Å². The van der Waals surface area contributed by atoms with Crippen molar-refractivity contribution < 1.29 is 38.9 Å². The van der Waals surface area contributed by atoms with E-state index in [0.29, 0.717) is 0 Å². The molecule has 2 atom stereocenters. The van der Waals surface area contributed by atoms with Crippen LogP contribution < -0.4 is 8.67 Å². The van der Waals surface area contributed by atoms with Gasteiger partial charge in [0.15, 0.2) is 0 Å². The SMILES string of the molecule is CC(C)(C)OC(=O)[Se]N[C@@H](CSSC[C@H](N[Se]C(=O)OC(C)(C)C)C(=O)O)C(=O)O. The Hall–Kier alpha value is -0.461. The van der Waals surface area contributed by atoms with Gasteiger partial charge in [-0.05, 0) is 0 Å². The van der Waals surface area contributed by atoms with E-state index in [4.69, 9.17) is 9.47 Å². The summed E-state index contributed by atoms with van der Waals surface area (Å²) >= 11 is -1.72. The molecule has 0 heterocycles. The molecule has 0 aromatic carbocycles. The second-order valence-corrected chi connectivity index (χ2v) is 13.5. The summed E-state index contributed by atoms with van der Waals surface area (Å²) in [6.07, 6.45) is 0. The Kier molecular flexibility index (Phi) is 13.6. The molecule has 0 aromatic rings. The third-order valence-corrected chi connectivity index (χ3v) is 7.66. The number of aliphatic carboxylic acids is 2. The van der Waals surface area contributed by atoms with Gasteiger partial charge in [0.2, 0.25) is 0 Å². The predicted molar refractivity (Wildman–Crippen MR) is 118 cm³/mol. The van der Waals surface area contributed by atoms with Crippen LogP contribution >= 0.6 is 21.6 Å². The number of hydrogen-bond donors (Lipinski definition) is 4. The molecule has 174 valence electrons. The molecule has 0 unspecified atom stereocenters. The minimum atomic E-state index is -1.12. The molecular formula is C16H28N2O8S2Se2. The van der Waals surface area contributed by atoms with E-state index in [9.17, 15) is 29.4 Å². The monoisotopic (exact) mass is 600 g/mol. The number of hydrogen-bond acceptors (Lipinski definition) is 10. The number of rotatable bonds is 13. The normalized spacial score (nSPS) is 13.9. The van der Waals surface area contributed by atoms with Crippen LogP contribution in [0.1, 0.15) is 41.5 Å². The van der Waals surface area contributed by atoms with Gasteiger partial charge in [-0.15, -0.1) is 0 Å². The summed E-state index contributed by atoms with van der Waals surface area (Å²) in [5, 5.41) is 18.5. The molecular weight excluding hydrogens is 570 g/mol. The average molecular weight is 598 g/mol. The maximum absolute atomic E-state index is 11.7. The Morgan fingerprint density at radius 2 is 1.07 bits per heavy atom. The average Bonchev–Trinajstić information content (AvgIpc) is 2.52. The number of ether oxygens (including phenoxy) is 2. The summed E-state index contributed by atoms with van der Waals surface area (Å²) in [6, 6.07) is -1.95. The molecule has 0 radical (unpaired) electrons. The molecule has 0 bridgehead atoms. The van der Waals surface area contributed by atoms with Crippen molar-refractivity contribution >= 4 is 73.6 Å². The van der Waals surface area contributed by atoms with Crippen molar-refractivity contribution in [1.29, 1.82) is 0 Å². The molecule has 30 heavy (non-hydrogen) atoms. The van der Waals surface area contributed by atoms with Crippen LogP contribution in [0.2, 0.25) is 0 Å². The Morgan fingerprint density at radius 3 is 1.30 bits per heavy atom. The van der Waals surface area contributed by atoms with E-state index in [1.807, 2.05) is 0 Å². The molecule has 4 N–H and O–H groups in total. The standard InChI is InChI=1S/C16H28N2O8S2Se2/c1-15(2,3)25-13(23)29-17-9(11(19)20)7-27-28-8-10(12(21)22)18-30-14(24)26-16(4,5)6/h9-10,17-18H,7-8H2,1-6H3,(H,19,20)(H,21,22)/t9-,10-/m0/s1. The van der Waals surface area contributed by atoms with Gasteiger partial charge in [-0.3, -0.25) is 0 Å². The topological polar surface area (TPSA) is 151 Å². The van der Waals surface area contributed by atoms with Crippen molar-refractivity contribution in [2.45, 2.75) is 64.8 Å². The fourth-order valence-corrected chi connectivity index (χ4v) is 7.11. The summed E-state index contributed by atoms with van der Waals surface area (Å²) < 4.78 is 15.6. The van der Waals surface area contributed by atoms with Crippen molar-refractivity contribution in [3.8, 4) is 0 Å². The van der Waals surface area contributed by atoms with Gasteiger partial charge >= 0.3 is 197 Å². The predicted octanol–water partition coefficient (Wildman–Crippen LogP) is 1.56. The van der Waals surface area contributed by atoms with Crippen LogP contribution in [-0.4, -0.2) is 97.0 Å². The maximum atomic E-state index is 11.7. The Labute approximate surface area is 196 Å². The first-order valence-electron chi connectivity index (χ1n) is 8.61. The summed E-state index contributed by atoms with van der Waals surface area (Å²) in [5.41, 5.74) is -1.30. The second kappa shape index (κ2) is 13.8. The molecule has 0 aliphatic heterocycles. The summed E-state index contributed by atoms with van der Waals surface area (Å²) in [6.45, 7) is 10.3. The molecule has 0 aliphatic rings. The molecule has 0 spiro atoms. The van der Waals surface area contributed by atoms with Gasteiger partial charge in [0.25, 0.3) is 0 Å². The van der Waals surface area contributed by atoms with E-state index >= 15 is 0 Å². The zero-order valence-electron chi connectivity index (χ0n) is 17.5. The van der Waals surface area contributed by atoms with Gasteiger partial charge in [0, 0.05) is 0 Å². The molecule has 0 aromatic heterocycles. The number of carboxylic acid groups (broad SMARTS) is 2. The van der Waals surface area contributed by atoms with Crippen LogP contribution in [-0.2, 0) is 19.1 Å². The van der Waals surface area contributed by atoms with E-state index in [0.717, 1.165) is 21.6 Å². The van der Waals surface area contributed by atoms with Crippen molar-refractivity contribution in [3.63, 3.8) is 0 Å². The fraction of sp³-hybridized carbons (Fsp3) is 0.750. The summed E-state index contributed by atoms with van der Waals surface area (Å²) in [5.74, 6) is -1.99. The third kappa shape index (κ3) is 16.3. The van der Waals surface area contributed by atoms with Crippen LogP contribution in [0.25, 0.3) is 0 Å². The Morgan fingerprint density at radius 1 is 0.767 bits per heavy atom. The number of carboxylic acids is 2. The van der Waals surface area contributed by atoms with Gasteiger partial charge in [0.1, 0.15) is 0 Å². The zero-order valence-corrected chi connectivity index (χ0v) is 22.6. The van der Waals surface area contributed by atoms with Gasteiger partial charge in [-0.1, -0.05) is 0 Å². The minimum absolute atomic E-state index is 0.119. The summed E-state index contributed by atoms with van der Waals surface area (Å²) in [7, 11) is 2.33. The van der Waals surface area contributed by atoms with Crippen LogP contribution in [0.3, 0.4) is 0 Å². The Bertz CT molecular complexity index is 559. The first kappa shape index (κ1) is 29.5. The number of carbonyl (C=O) groups is 4. The zero-order chi connectivity index (χ0) is 23.5. The molecule has 0 amide bonds. The van der Waals surface area contributed by atoms with E-state index in [2.05, 4.69) is 8.67 Å². The van der Waals surface area contributed by atoms with E-state index in [1.165, 1.54) is 0 Å². The van der Waals surface area contributed by atoms with Gasteiger partial charge < -0.3 is 0 Å². The van der Waals surface area contributed by atoms with Crippen LogP contribution in [0, 0.1) is 0 Å². The van der Waals surface area contributed by atoms with E-state index in [1.54, 1.807) is 41.5 Å². The Balaban J connectivity index is 4.38.